The van der Waals surface area contributed by atoms with Crippen molar-refractivity contribution in [2.24, 2.45) is 0 Å². The molecule has 3 rings (SSSR count). The molecule has 0 aliphatic rings. The van der Waals surface area contributed by atoms with Crippen molar-refractivity contribution in [2.75, 3.05) is 17.7 Å². The molecule has 3 N–H and O–H groups in total. The van der Waals surface area contributed by atoms with Gasteiger partial charge in [-0.15, -0.1) is 11.3 Å². The van der Waals surface area contributed by atoms with Crippen molar-refractivity contribution in [3.8, 4) is 10.7 Å². The molecule has 0 saturated heterocycles. The molecule has 0 bridgehead atoms. The summed E-state index contributed by atoms with van der Waals surface area (Å²) in [5, 5.41) is 5.88. The first-order valence-corrected chi connectivity index (χ1v) is 9.09. The first-order chi connectivity index (χ1) is 12.5. The molecule has 0 fully saturated rings. The molecule has 0 saturated carbocycles. The van der Waals surface area contributed by atoms with Crippen molar-refractivity contribution in [1.82, 2.24) is 19.7 Å². The van der Waals surface area contributed by atoms with E-state index in [-0.39, 0.29) is 18.1 Å². The molecule has 0 aromatic carbocycles. The van der Waals surface area contributed by atoms with Gasteiger partial charge in [0.05, 0.1) is 11.4 Å². The maximum Gasteiger partial charge on any atom is 0.330 e. The summed E-state index contributed by atoms with van der Waals surface area (Å²) in [5.74, 6) is 0.979. The Balaban J connectivity index is 1.87. The normalized spacial score (nSPS) is 11.0. The van der Waals surface area contributed by atoms with Crippen LogP contribution in [0.15, 0.2) is 31.6 Å². The van der Waals surface area contributed by atoms with E-state index in [1.807, 2.05) is 24.4 Å². The number of nitrogens with two attached hydrogens (primary N) is 1. The second-order valence-electron chi connectivity index (χ2n) is 5.84. The number of thiophene rings is 1. The molecule has 0 radical (unpaired) electrons. The number of hydrogen-bond acceptors (Lipinski definition) is 8. The summed E-state index contributed by atoms with van der Waals surface area (Å²) in [5.41, 5.74) is 5.26. The van der Waals surface area contributed by atoms with E-state index in [0.717, 1.165) is 17.7 Å². The number of nitrogens with zero attached hydrogens (tertiary/aromatic N) is 4. The third-order valence-electron chi connectivity index (χ3n) is 3.91. The Morgan fingerprint density at radius 1 is 1.42 bits per heavy atom. The number of aromatic nitrogens is 4. The molecule has 3 aromatic rings. The van der Waals surface area contributed by atoms with Crippen LogP contribution in [-0.2, 0) is 13.1 Å². The van der Waals surface area contributed by atoms with E-state index < -0.39 is 11.2 Å². The number of anilines is 2. The molecule has 0 aliphatic carbocycles. The fourth-order valence-corrected chi connectivity index (χ4v) is 3.24. The first-order valence-electron chi connectivity index (χ1n) is 8.21. The van der Waals surface area contributed by atoms with Gasteiger partial charge in [0.2, 0.25) is 11.7 Å². The molecule has 0 unspecified atom stereocenters. The highest BCUT2D eigenvalue weighted by molar-refractivity contribution is 7.13. The summed E-state index contributed by atoms with van der Waals surface area (Å²) in [6.45, 7) is 2.65. The Labute approximate surface area is 153 Å². The van der Waals surface area contributed by atoms with Gasteiger partial charge in [0.1, 0.15) is 11.5 Å². The Morgan fingerprint density at radius 2 is 2.23 bits per heavy atom. The van der Waals surface area contributed by atoms with Gasteiger partial charge < -0.3 is 15.2 Å². The minimum Gasteiger partial charge on any atom is -0.383 e. The Bertz CT molecular complexity index is 988. The van der Waals surface area contributed by atoms with Gasteiger partial charge in [0, 0.05) is 13.6 Å². The zero-order chi connectivity index (χ0) is 18.7. The molecule has 26 heavy (non-hydrogen) atoms. The van der Waals surface area contributed by atoms with Gasteiger partial charge >= 0.3 is 5.69 Å². The van der Waals surface area contributed by atoms with E-state index in [4.69, 9.17) is 10.3 Å². The lowest BCUT2D eigenvalue weighted by atomic mass is 10.3. The average Bonchev–Trinajstić information content (AvgIpc) is 3.25. The van der Waals surface area contributed by atoms with Gasteiger partial charge in [-0.2, -0.15) is 4.98 Å². The lowest BCUT2D eigenvalue weighted by Crippen LogP contribution is -2.37. The number of nitrogens with one attached hydrogen (secondary N) is 1. The third kappa shape index (κ3) is 3.54. The van der Waals surface area contributed by atoms with Gasteiger partial charge in [-0.3, -0.25) is 14.3 Å². The molecular weight excluding hydrogens is 356 g/mol. The quantitative estimate of drug-likeness (QED) is 0.643. The van der Waals surface area contributed by atoms with Crippen molar-refractivity contribution in [2.45, 2.75) is 32.9 Å². The van der Waals surface area contributed by atoms with E-state index in [1.165, 1.54) is 15.9 Å². The van der Waals surface area contributed by atoms with Crippen LogP contribution in [0.1, 0.15) is 25.7 Å². The van der Waals surface area contributed by atoms with Crippen LogP contribution in [0.5, 0.6) is 0 Å². The van der Waals surface area contributed by atoms with Gasteiger partial charge in [-0.25, -0.2) is 4.79 Å². The van der Waals surface area contributed by atoms with Crippen molar-refractivity contribution >= 4 is 22.8 Å². The summed E-state index contributed by atoms with van der Waals surface area (Å²) < 4.78 is 6.64. The highest BCUT2D eigenvalue weighted by Crippen LogP contribution is 2.22. The predicted molar refractivity (Wildman–Crippen MR) is 100 cm³/mol. The van der Waals surface area contributed by atoms with E-state index in [1.54, 1.807) is 11.9 Å². The van der Waals surface area contributed by atoms with Gasteiger partial charge in [-0.05, 0) is 17.9 Å². The van der Waals surface area contributed by atoms with E-state index in [9.17, 15) is 9.59 Å². The number of aromatic amines is 1. The summed E-state index contributed by atoms with van der Waals surface area (Å²) in [4.78, 5) is 33.4. The Hall–Kier alpha value is -2.88. The summed E-state index contributed by atoms with van der Waals surface area (Å²) in [6.07, 6.45) is 1.69. The van der Waals surface area contributed by atoms with Crippen molar-refractivity contribution in [3.05, 3.63) is 44.2 Å². The van der Waals surface area contributed by atoms with Crippen LogP contribution in [0, 0.1) is 0 Å². The monoisotopic (exact) mass is 376 g/mol. The molecule has 9 nitrogen and oxygen atoms in total. The highest BCUT2D eigenvalue weighted by atomic mass is 32.1. The number of rotatable bonds is 7. The van der Waals surface area contributed by atoms with Gasteiger partial charge in [0.15, 0.2) is 0 Å². The minimum atomic E-state index is -0.541. The second kappa shape index (κ2) is 7.56. The lowest BCUT2D eigenvalue weighted by Gasteiger charge is -2.20. The largest absolute Gasteiger partial charge is 0.383 e. The highest BCUT2D eigenvalue weighted by Gasteiger charge is 2.19. The van der Waals surface area contributed by atoms with Crippen LogP contribution in [0.3, 0.4) is 0 Å². The van der Waals surface area contributed by atoms with Crippen LogP contribution >= 0.6 is 11.3 Å². The molecule has 3 aromatic heterocycles. The molecular formula is C16H20N6O3S. The number of unbranched alkanes of at least 4 members (excludes halogenated alkanes) is 1. The summed E-state index contributed by atoms with van der Waals surface area (Å²) in [7, 11) is 1.69. The number of hydrogen-bond donors (Lipinski definition) is 2. The van der Waals surface area contributed by atoms with Gasteiger partial charge in [0.25, 0.3) is 5.56 Å². The molecule has 0 spiro atoms. The smallest absolute Gasteiger partial charge is 0.330 e. The molecule has 0 aliphatic heterocycles. The topological polar surface area (TPSA) is 123 Å². The molecule has 3 heterocycles. The fraction of sp³-hybridized carbons (Fsp3) is 0.375. The van der Waals surface area contributed by atoms with Crippen LogP contribution in [0.4, 0.5) is 11.5 Å². The Kier molecular flexibility index (Phi) is 5.21. The van der Waals surface area contributed by atoms with Crippen LogP contribution in [0.2, 0.25) is 0 Å². The first kappa shape index (κ1) is 17.9. The molecule has 138 valence electrons. The molecule has 10 heteroatoms. The zero-order valence-corrected chi connectivity index (χ0v) is 15.4. The van der Waals surface area contributed by atoms with Gasteiger partial charge in [-0.1, -0.05) is 24.6 Å². The van der Waals surface area contributed by atoms with E-state index in [2.05, 4.69) is 15.1 Å². The third-order valence-corrected chi connectivity index (χ3v) is 4.78. The molecule has 0 amide bonds. The summed E-state index contributed by atoms with van der Waals surface area (Å²) >= 11 is 1.51. The predicted octanol–water partition coefficient (Wildman–Crippen LogP) is 1.67. The van der Waals surface area contributed by atoms with Crippen molar-refractivity contribution in [3.63, 3.8) is 0 Å². The van der Waals surface area contributed by atoms with E-state index in [0.29, 0.717) is 18.3 Å². The maximum atomic E-state index is 12.3. The number of H-pyrrole nitrogens is 1. The van der Waals surface area contributed by atoms with Crippen molar-refractivity contribution < 1.29 is 4.52 Å². The van der Waals surface area contributed by atoms with Crippen LogP contribution < -0.4 is 21.9 Å². The minimum absolute atomic E-state index is 0.132. The Morgan fingerprint density at radius 3 is 2.92 bits per heavy atom. The second-order valence-corrected chi connectivity index (χ2v) is 6.79. The standard InChI is InChI=1S/C16H20N6O3S/c1-3-4-7-22-13(17)12(15(23)19-16(22)24)21(2)9-11-18-14(20-25-11)10-6-5-8-26-10/h5-6,8H,3-4,7,9,17H2,1-2H3,(H,19,23,24). The molecule has 0 atom stereocenters. The van der Waals surface area contributed by atoms with Crippen molar-refractivity contribution in [1.29, 1.82) is 0 Å². The SMILES string of the molecule is CCCCn1c(N)c(N(C)Cc2nc(-c3cccs3)no2)c(=O)[nH]c1=O. The zero-order valence-electron chi connectivity index (χ0n) is 14.6. The maximum absolute atomic E-state index is 12.3. The average molecular weight is 376 g/mol. The van der Waals surface area contributed by atoms with Crippen LogP contribution in [-0.4, -0.2) is 26.7 Å². The number of nitrogen functional groups attached to an aromatic ring is 1. The summed E-state index contributed by atoms with van der Waals surface area (Å²) in [6, 6.07) is 3.80. The van der Waals surface area contributed by atoms with E-state index >= 15 is 0 Å². The van der Waals surface area contributed by atoms with Crippen LogP contribution in [0.25, 0.3) is 10.7 Å². The lowest BCUT2D eigenvalue weighted by molar-refractivity contribution is 0.378. The fourth-order valence-electron chi connectivity index (χ4n) is 2.59.